The maximum Gasteiger partial charge on any atom is 0.161 e. The summed E-state index contributed by atoms with van der Waals surface area (Å²) in [4.78, 5) is 13.1. The summed E-state index contributed by atoms with van der Waals surface area (Å²) in [5, 5.41) is 4.34. The molecule has 0 amide bonds. The van der Waals surface area contributed by atoms with Crippen LogP contribution in [0.1, 0.15) is 45.1 Å². The lowest BCUT2D eigenvalue weighted by molar-refractivity contribution is -0.118. The molecule has 3 N–H and O–H groups in total. The van der Waals surface area contributed by atoms with Gasteiger partial charge in [0.25, 0.3) is 0 Å². The molecule has 1 fully saturated rings. The number of carbonyl (C=O) groups excluding carboxylic acids is 1. The van der Waals surface area contributed by atoms with E-state index in [2.05, 4.69) is 43.0 Å². The zero-order valence-corrected chi connectivity index (χ0v) is 15.1. The Hall–Kier alpha value is -1.36. The highest BCUT2D eigenvalue weighted by Gasteiger charge is 2.50. The second kappa shape index (κ2) is 5.58. The highest BCUT2D eigenvalue weighted by Crippen LogP contribution is 2.49. The summed E-state index contributed by atoms with van der Waals surface area (Å²) in [6, 6.07) is 8.20. The van der Waals surface area contributed by atoms with Crippen molar-refractivity contribution in [2.75, 3.05) is 0 Å². The van der Waals surface area contributed by atoms with Crippen LogP contribution in [-0.4, -0.2) is 18.0 Å². The van der Waals surface area contributed by atoms with Gasteiger partial charge >= 0.3 is 0 Å². The molecule has 0 radical (unpaired) electrons. The number of allylic oxidation sites excluding steroid dienone is 2. The molecule has 4 atom stereocenters. The van der Waals surface area contributed by atoms with E-state index in [9.17, 15) is 4.79 Å². The van der Waals surface area contributed by atoms with Crippen LogP contribution in [0.4, 0.5) is 0 Å². The van der Waals surface area contributed by atoms with Gasteiger partial charge in [-0.15, -0.1) is 0 Å². The van der Waals surface area contributed by atoms with E-state index in [-0.39, 0.29) is 35.2 Å². The van der Waals surface area contributed by atoms with Crippen molar-refractivity contribution in [3.63, 3.8) is 0 Å². The third kappa shape index (κ3) is 2.48. The first kappa shape index (κ1) is 16.1. The van der Waals surface area contributed by atoms with Crippen LogP contribution in [0.15, 0.2) is 35.5 Å². The van der Waals surface area contributed by atoms with E-state index in [1.807, 2.05) is 18.2 Å². The molecule has 5 heteroatoms. The molecule has 0 saturated carbocycles. The van der Waals surface area contributed by atoms with Crippen molar-refractivity contribution >= 4 is 17.4 Å². The van der Waals surface area contributed by atoms with Gasteiger partial charge in [0.2, 0.25) is 0 Å². The lowest BCUT2D eigenvalue weighted by atomic mass is 9.65. The summed E-state index contributed by atoms with van der Waals surface area (Å²) in [6.07, 6.45) is 1.61. The summed E-state index contributed by atoms with van der Waals surface area (Å²) in [7, 11) is 0. The van der Waals surface area contributed by atoms with Crippen LogP contribution in [0.25, 0.3) is 0 Å². The number of ketones is 1. The van der Waals surface area contributed by atoms with Gasteiger partial charge in [0.1, 0.15) is 0 Å². The maximum absolute atomic E-state index is 13.1. The number of Topliss-reactive ketones (excluding diaryl/α,β-unsaturated/α-hetero) is 1. The van der Waals surface area contributed by atoms with Crippen molar-refractivity contribution in [3.05, 3.63) is 46.1 Å². The SMILES string of the molecule is CC1NNC2NC3=C(C(=O)CC(C)(C)C3)C(c3ccccc3Cl)C12. The molecule has 1 aliphatic carbocycles. The second-order valence-corrected chi connectivity index (χ2v) is 8.52. The molecular formula is C19H24ClN3O. The average molecular weight is 346 g/mol. The highest BCUT2D eigenvalue weighted by molar-refractivity contribution is 6.31. The smallest absolute Gasteiger partial charge is 0.161 e. The van der Waals surface area contributed by atoms with Crippen LogP contribution in [0.3, 0.4) is 0 Å². The molecule has 4 nitrogen and oxygen atoms in total. The highest BCUT2D eigenvalue weighted by atomic mass is 35.5. The van der Waals surface area contributed by atoms with Gasteiger partial charge in [-0.3, -0.25) is 10.2 Å². The molecule has 1 aromatic rings. The van der Waals surface area contributed by atoms with Gasteiger partial charge in [0.15, 0.2) is 5.78 Å². The zero-order chi connectivity index (χ0) is 17.1. The van der Waals surface area contributed by atoms with Crippen molar-refractivity contribution in [1.82, 2.24) is 16.2 Å². The van der Waals surface area contributed by atoms with E-state index in [4.69, 9.17) is 11.6 Å². The van der Waals surface area contributed by atoms with Gasteiger partial charge in [0, 0.05) is 40.6 Å². The average Bonchev–Trinajstić information content (AvgIpc) is 2.86. The van der Waals surface area contributed by atoms with E-state index in [1.165, 1.54) is 0 Å². The summed E-state index contributed by atoms with van der Waals surface area (Å²) in [6.45, 7) is 6.48. The number of nitrogens with one attached hydrogen (secondary N) is 3. The van der Waals surface area contributed by atoms with Gasteiger partial charge in [-0.1, -0.05) is 43.6 Å². The number of hydrogen-bond acceptors (Lipinski definition) is 4. The number of rotatable bonds is 1. The molecule has 4 unspecified atom stereocenters. The molecule has 2 heterocycles. The molecule has 3 aliphatic rings. The van der Waals surface area contributed by atoms with Crippen LogP contribution in [0.2, 0.25) is 5.02 Å². The Bertz CT molecular complexity index is 727. The van der Waals surface area contributed by atoms with Crippen molar-refractivity contribution in [3.8, 4) is 0 Å². The van der Waals surface area contributed by atoms with E-state index in [0.717, 1.165) is 28.3 Å². The van der Waals surface area contributed by atoms with Crippen molar-refractivity contribution in [2.24, 2.45) is 11.3 Å². The van der Waals surface area contributed by atoms with Crippen LogP contribution < -0.4 is 16.2 Å². The predicted octanol–water partition coefficient (Wildman–Crippen LogP) is 3.11. The minimum atomic E-state index is -0.00155. The topological polar surface area (TPSA) is 53.2 Å². The molecule has 1 aromatic carbocycles. The Morgan fingerprint density at radius 2 is 1.92 bits per heavy atom. The zero-order valence-electron chi connectivity index (χ0n) is 14.3. The van der Waals surface area contributed by atoms with Gasteiger partial charge in [-0.2, -0.15) is 0 Å². The Morgan fingerprint density at radius 1 is 1.17 bits per heavy atom. The fraction of sp³-hybridized carbons (Fsp3) is 0.526. The van der Waals surface area contributed by atoms with Gasteiger partial charge < -0.3 is 5.32 Å². The third-order valence-corrected chi connectivity index (χ3v) is 5.96. The van der Waals surface area contributed by atoms with Gasteiger partial charge in [-0.05, 0) is 30.4 Å². The summed E-state index contributed by atoms with van der Waals surface area (Å²) in [5.74, 6) is 0.533. The Morgan fingerprint density at radius 3 is 2.67 bits per heavy atom. The van der Waals surface area contributed by atoms with Gasteiger partial charge in [-0.25, -0.2) is 5.43 Å². The second-order valence-electron chi connectivity index (χ2n) is 8.11. The number of halogens is 1. The van der Waals surface area contributed by atoms with E-state index in [1.54, 1.807) is 0 Å². The van der Waals surface area contributed by atoms with E-state index < -0.39 is 0 Å². The van der Waals surface area contributed by atoms with Crippen LogP contribution in [-0.2, 0) is 4.79 Å². The Balaban J connectivity index is 1.89. The summed E-state index contributed by atoms with van der Waals surface area (Å²) in [5.41, 5.74) is 9.78. The van der Waals surface area contributed by atoms with Gasteiger partial charge in [0.05, 0.1) is 6.17 Å². The first-order chi connectivity index (χ1) is 11.4. The normalized spacial score (nSPS) is 34.6. The quantitative estimate of drug-likeness (QED) is 0.732. The fourth-order valence-electron chi connectivity index (χ4n) is 4.61. The molecule has 0 aromatic heterocycles. The molecule has 1 saturated heterocycles. The number of carbonyl (C=O) groups is 1. The first-order valence-electron chi connectivity index (χ1n) is 8.66. The van der Waals surface area contributed by atoms with Crippen LogP contribution in [0.5, 0.6) is 0 Å². The molecular weight excluding hydrogens is 322 g/mol. The number of hydrogen-bond donors (Lipinski definition) is 3. The summed E-state index contributed by atoms with van der Waals surface area (Å²) >= 11 is 6.54. The van der Waals surface area contributed by atoms with E-state index >= 15 is 0 Å². The van der Waals surface area contributed by atoms with Crippen LogP contribution >= 0.6 is 11.6 Å². The van der Waals surface area contributed by atoms with Crippen molar-refractivity contribution in [1.29, 1.82) is 0 Å². The Labute approximate surface area is 148 Å². The monoisotopic (exact) mass is 345 g/mol. The molecule has 128 valence electrons. The lowest BCUT2D eigenvalue weighted by Crippen LogP contribution is -2.52. The Kier molecular flexibility index (Phi) is 3.75. The van der Waals surface area contributed by atoms with Crippen LogP contribution in [0, 0.1) is 11.3 Å². The third-order valence-electron chi connectivity index (χ3n) is 5.61. The lowest BCUT2D eigenvalue weighted by Gasteiger charge is -2.44. The molecule has 0 spiro atoms. The number of hydrazine groups is 1. The molecule has 2 aliphatic heterocycles. The summed E-state index contributed by atoms with van der Waals surface area (Å²) < 4.78 is 0. The van der Waals surface area contributed by atoms with Crippen molar-refractivity contribution < 1.29 is 4.79 Å². The number of fused-ring (bicyclic) bond motifs is 1. The van der Waals surface area contributed by atoms with E-state index in [0.29, 0.717) is 6.42 Å². The molecule has 0 bridgehead atoms. The predicted molar refractivity (Wildman–Crippen MR) is 95.4 cm³/mol. The maximum atomic E-state index is 13.1. The minimum Gasteiger partial charge on any atom is -0.371 e. The molecule has 4 rings (SSSR count). The largest absolute Gasteiger partial charge is 0.371 e. The minimum absolute atomic E-state index is 0.00155. The molecule has 24 heavy (non-hydrogen) atoms. The standard InChI is InChI=1S/C19H24ClN3O/c1-10-15-16(11-6-4-5-7-12(11)20)17-13(21-18(15)23-22-10)8-19(2,3)9-14(17)24/h4-7,10,15-16,18,21-23H,8-9H2,1-3H3. The number of benzene rings is 1. The first-order valence-corrected chi connectivity index (χ1v) is 9.03. The van der Waals surface area contributed by atoms with Crippen molar-refractivity contribution in [2.45, 2.75) is 51.7 Å². The fourth-order valence-corrected chi connectivity index (χ4v) is 4.86.